The normalized spacial score (nSPS) is 16.2. The minimum absolute atomic E-state index is 0.0181. The molecule has 5 rings (SSSR count). The molecule has 0 amide bonds. The van der Waals surface area contributed by atoms with E-state index in [9.17, 15) is 4.79 Å². The second kappa shape index (κ2) is 8.60. The number of aryl methyl sites for hydroxylation is 1. The molecule has 1 fully saturated rings. The van der Waals surface area contributed by atoms with Crippen molar-refractivity contribution < 1.29 is 9.15 Å². The van der Waals surface area contributed by atoms with Crippen LogP contribution in [0.1, 0.15) is 24.3 Å². The lowest BCUT2D eigenvalue weighted by Gasteiger charge is -2.15. The second-order valence-corrected chi connectivity index (χ2v) is 8.42. The van der Waals surface area contributed by atoms with Gasteiger partial charge in [0.05, 0.1) is 23.8 Å². The van der Waals surface area contributed by atoms with Crippen LogP contribution in [0.15, 0.2) is 57.0 Å². The van der Waals surface area contributed by atoms with Gasteiger partial charge in [0.15, 0.2) is 10.8 Å². The van der Waals surface area contributed by atoms with Crippen LogP contribution in [0, 0.1) is 6.92 Å². The first-order valence-corrected chi connectivity index (χ1v) is 11.2. The van der Waals surface area contributed by atoms with Crippen molar-refractivity contribution in [3.05, 3.63) is 64.4 Å². The first kappa shape index (κ1) is 19.9. The molecular formula is C22H21N5O3S. The van der Waals surface area contributed by atoms with Gasteiger partial charge in [-0.3, -0.25) is 9.36 Å². The van der Waals surface area contributed by atoms with E-state index in [-0.39, 0.29) is 11.7 Å². The van der Waals surface area contributed by atoms with E-state index in [0.717, 1.165) is 25.0 Å². The third kappa shape index (κ3) is 4.24. The third-order valence-corrected chi connectivity index (χ3v) is 6.16. The van der Waals surface area contributed by atoms with Gasteiger partial charge in [0.25, 0.3) is 5.56 Å². The van der Waals surface area contributed by atoms with E-state index >= 15 is 0 Å². The molecule has 1 aromatic carbocycles. The summed E-state index contributed by atoms with van der Waals surface area (Å²) in [4.78, 5) is 22.0. The molecule has 0 spiro atoms. The van der Waals surface area contributed by atoms with Gasteiger partial charge in [0.2, 0.25) is 11.8 Å². The topological polar surface area (TPSA) is 95.9 Å². The van der Waals surface area contributed by atoms with Crippen molar-refractivity contribution in [3.63, 3.8) is 0 Å². The van der Waals surface area contributed by atoms with Gasteiger partial charge in [-0.15, -0.1) is 10.2 Å². The van der Waals surface area contributed by atoms with Crippen LogP contribution in [0.5, 0.6) is 0 Å². The van der Waals surface area contributed by atoms with Crippen LogP contribution in [-0.4, -0.2) is 37.4 Å². The van der Waals surface area contributed by atoms with Crippen molar-refractivity contribution in [2.45, 2.75) is 43.3 Å². The zero-order valence-corrected chi connectivity index (χ0v) is 17.8. The molecule has 0 saturated carbocycles. The monoisotopic (exact) mass is 435 g/mol. The van der Waals surface area contributed by atoms with E-state index in [1.807, 2.05) is 31.2 Å². The Kier molecular flexibility index (Phi) is 5.52. The molecule has 31 heavy (non-hydrogen) atoms. The number of hydrogen-bond acceptors (Lipinski definition) is 8. The summed E-state index contributed by atoms with van der Waals surface area (Å²) in [7, 11) is 0. The van der Waals surface area contributed by atoms with E-state index in [1.54, 1.807) is 22.9 Å². The summed E-state index contributed by atoms with van der Waals surface area (Å²) in [5.74, 6) is 1.34. The summed E-state index contributed by atoms with van der Waals surface area (Å²) >= 11 is 1.38. The van der Waals surface area contributed by atoms with Crippen molar-refractivity contribution in [3.8, 4) is 11.5 Å². The standard InChI is InChI=1S/C22H21N5O3S/c1-14-6-8-15(9-7-14)20-26-25-18(30-20)13-31-22-24-19-17(5-2-10-23-19)21(28)27(22)12-16-4-3-11-29-16/h2,5-10,16H,3-4,11-13H2,1H3. The van der Waals surface area contributed by atoms with Crippen molar-refractivity contribution in [2.24, 2.45) is 0 Å². The average Bonchev–Trinajstić information content (AvgIpc) is 3.47. The van der Waals surface area contributed by atoms with E-state index in [1.165, 1.54) is 17.3 Å². The highest BCUT2D eigenvalue weighted by atomic mass is 32.2. The fourth-order valence-electron chi connectivity index (χ4n) is 3.55. The van der Waals surface area contributed by atoms with Gasteiger partial charge in [-0.05, 0) is 44.0 Å². The van der Waals surface area contributed by atoms with Crippen LogP contribution < -0.4 is 5.56 Å². The Labute approximate surface area is 182 Å². The SMILES string of the molecule is Cc1ccc(-c2nnc(CSc3nc4ncccc4c(=O)n3CC3CCCO3)o2)cc1. The number of hydrogen-bond donors (Lipinski definition) is 0. The zero-order valence-electron chi connectivity index (χ0n) is 17.0. The first-order chi connectivity index (χ1) is 15.2. The maximum absolute atomic E-state index is 13.1. The number of pyridine rings is 1. The second-order valence-electron chi connectivity index (χ2n) is 7.48. The van der Waals surface area contributed by atoms with E-state index < -0.39 is 0 Å². The Morgan fingerprint density at radius 1 is 1.19 bits per heavy atom. The number of fused-ring (bicyclic) bond motifs is 1. The lowest BCUT2D eigenvalue weighted by molar-refractivity contribution is 0.0937. The van der Waals surface area contributed by atoms with Crippen molar-refractivity contribution in [1.82, 2.24) is 24.7 Å². The minimum Gasteiger partial charge on any atom is -0.420 e. The fourth-order valence-corrected chi connectivity index (χ4v) is 4.38. The van der Waals surface area contributed by atoms with Gasteiger partial charge < -0.3 is 9.15 Å². The molecule has 0 aliphatic carbocycles. The molecule has 1 aliphatic heterocycles. The molecule has 0 bridgehead atoms. The molecule has 9 heteroatoms. The van der Waals surface area contributed by atoms with Gasteiger partial charge in [-0.2, -0.15) is 0 Å². The van der Waals surface area contributed by atoms with Crippen LogP contribution in [0.25, 0.3) is 22.5 Å². The summed E-state index contributed by atoms with van der Waals surface area (Å²) in [6.45, 7) is 3.23. The van der Waals surface area contributed by atoms with E-state index in [0.29, 0.717) is 40.3 Å². The van der Waals surface area contributed by atoms with Gasteiger partial charge in [0, 0.05) is 18.4 Å². The van der Waals surface area contributed by atoms with Crippen LogP contribution in [0.2, 0.25) is 0 Å². The largest absolute Gasteiger partial charge is 0.420 e. The van der Waals surface area contributed by atoms with Crippen LogP contribution >= 0.6 is 11.8 Å². The maximum Gasteiger partial charge on any atom is 0.263 e. The summed E-state index contributed by atoms with van der Waals surface area (Å²) in [6.07, 6.45) is 3.60. The maximum atomic E-state index is 13.1. The highest BCUT2D eigenvalue weighted by molar-refractivity contribution is 7.98. The number of thioether (sulfide) groups is 1. The molecule has 1 unspecified atom stereocenters. The molecule has 158 valence electrons. The molecule has 0 radical (unpaired) electrons. The van der Waals surface area contributed by atoms with Crippen LogP contribution in [0.4, 0.5) is 0 Å². The Morgan fingerprint density at radius 2 is 2.06 bits per heavy atom. The Hall–Kier alpha value is -3.04. The summed E-state index contributed by atoms with van der Waals surface area (Å²) < 4.78 is 13.3. The molecule has 8 nitrogen and oxygen atoms in total. The zero-order chi connectivity index (χ0) is 21.2. The van der Waals surface area contributed by atoms with Crippen LogP contribution in [0.3, 0.4) is 0 Å². The van der Waals surface area contributed by atoms with Crippen LogP contribution in [-0.2, 0) is 17.0 Å². The van der Waals surface area contributed by atoms with Crippen molar-refractivity contribution in [1.29, 1.82) is 0 Å². The molecule has 1 saturated heterocycles. The molecule has 1 atom stereocenters. The summed E-state index contributed by atoms with van der Waals surface area (Å²) in [5, 5.41) is 9.38. The molecular weight excluding hydrogens is 414 g/mol. The number of rotatable bonds is 6. The molecule has 0 N–H and O–H groups in total. The lowest BCUT2D eigenvalue weighted by Crippen LogP contribution is -2.29. The van der Waals surface area contributed by atoms with E-state index in [4.69, 9.17) is 9.15 Å². The smallest absolute Gasteiger partial charge is 0.263 e. The quantitative estimate of drug-likeness (QED) is 0.335. The Bertz CT molecular complexity index is 1260. The Balaban J connectivity index is 1.41. The number of aromatic nitrogens is 5. The molecule has 3 aromatic heterocycles. The molecule has 4 heterocycles. The average molecular weight is 436 g/mol. The molecule has 4 aromatic rings. The van der Waals surface area contributed by atoms with Crippen molar-refractivity contribution >= 4 is 22.8 Å². The van der Waals surface area contributed by atoms with Gasteiger partial charge in [-0.1, -0.05) is 29.5 Å². The number of ether oxygens (including phenoxy) is 1. The fraction of sp³-hybridized carbons (Fsp3) is 0.318. The highest BCUT2D eigenvalue weighted by Gasteiger charge is 2.21. The lowest BCUT2D eigenvalue weighted by atomic mass is 10.1. The predicted molar refractivity (Wildman–Crippen MR) is 117 cm³/mol. The number of nitrogens with zero attached hydrogens (tertiary/aromatic N) is 5. The van der Waals surface area contributed by atoms with Gasteiger partial charge >= 0.3 is 0 Å². The van der Waals surface area contributed by atoms with E-state index in [2.05, 4.69) is 20.2 Å². The summed E-state index contributed by atoms with van der Waals surface area (Å²) in [6, 6.07) is 11.4. The molecule has 1 aliphatic rings. The highest BCUT2D eigenvalue weighted by Crippen LogP contribution is 2.25. The Morgan fingerprint density at radius 3 is 2.87 bits per heavy atom. The summed E-state index contributed by atoms with van der Waals surface area (Å²) in [5.41, 5.74) is 2.36. The van der Waals surface area contributed by atoms with Crippen molar-refractivity contribution in [2.75, 3.05) is 6.61 Å². The number of benzene rings is 1. The third-order valence-electron chi connectivity index (χ3n) is 5.19. The minimum atomic E-state index is -0.109. The van der Waals surface area contributed by atoms with Gasteiger partial charge in [0.1, 0.15) is 0 Å². The predicted octanol–water partition coefficient (Wildman–Crippen LogP) is 3.62. The first-order valence-electron chi connectivity index (χ1n) is 10.2. The van der Waals surface area contributed by atoms with Gasteiger partial charge in [-0.25, -0.2) is 9.97 Å².